The van der Waals surface area contributed by atoms with Crippen LogP contribution < -0.4 is 0 Å². The molecule has 0 aliphatic heterocycles. The molecule has 6 heteroatoms. The Kier molecular flexibility index (Phi) is 5.60. The summed E-state index contributed by atoms with van der Waals surface area (Å²) in [5.74, 6) is 1.32. The monoisotopic (exact) mass is 318 g/mol. The summed E-state index contributed by atoms with van der Waals surface area (Å²) in [4.78, 5) is 13.3. The van der Waals surface area contributed by atoms with Crippen LogP contribution in [0.2, 0.25) is 0 Å². The molecule has 2 rings (SSSR count). The van der Waals surface area contributed by atoms with E-state index in [-0.39, 0.29) is 5.91 Å². The molecule has 1 amide bonds. The largest absolute Gasteiger partial charge is 0.348 e. The summed E-state index contributed by atoms with van der Waals surface area (Å²) < 4.78 is 2.10. The Bertz CT molecular complexity index is 651. The van der Waals surface area contributed by atoms with Crippen LogP contribution in [0, 0.1) is 6.92 Å². The molecule has 2 aromatic rings. The second kappa shape index (κ2) is 7.45. The second-order valence-corrected chi connectivity index (χ2v) is 6.35. The fourth-order valence-corrected chi connectivity index (χ4v) is 3.02. The van der Waals surface area contributed by atoms with Crippen molar-refractivity contribution in [3.05, 3.63) is 29.8 Å². The summed E-state index contributed by atoms with van der Waals surface area (Å²) in [5, 5.41) is 9.41. The fraction of sp³-hybridized carbons (Fsp3) is 0.438. The minimum absolute atomic E-state index is 0.0770. The molecule has 1 heterocycles. The van der Waals surface area contributed by atoms with Gasteiger partial charge >= 0.3 is 0 Å². The Morgan fingerprint density at radius 3 is 2.73 bits per heavy atom. The zero-order valence-corrected chi connectivity index (χ0v) is 14.4. The van der Waals surface area contributed by atoms with Gasteiger partial charge in [-0.2, -0.15) is 0 Å². The molecule has 1 aromatic carbocycles. The van der Waals surface area contributed by atoms with Gasteiger partial charge in [0.15, 0.2) is 11.0 Å². The van der Waals surface area contributed by atoms with Gasteiger partial charge in [-0.3, -0.25) is 4.79 Å². The van der Waals surface area contributed by atoms with Gasteiger partial charge in [-0.15, -0.1) is 10.2 Å². The summed E-state index contributed by atoms with van der Waals surface area (Å²) in [7, 11) is 3.52. The minimum Gasteiger partial charge on any atom is -0.348 e. The van der Waals surface area contributed by atoms with Gasteiger partial charge in [0.25, 0.3) is 0 Å². The Morgan fingerprint density at radius 2 is 2.09 bits per heavy atom. The highest BCUT2D eigenvalue weighted by Gasteiger charge is 2.15. The molecule has 0 atom stereocenters. The molecule has 0 radical (unpaired) electrons. The maximum absolute atomic E-state index is 11.8. The number of aromatic nitrogens is 3. The first-order valence-electron chi connectivity index (χ1n) is 7.36. The van der Waals surface area contributed by atoms with E-state index in [9.17, 15) is 4.79 Å². The van der Waals surface area contributed by atoms with E-state index in [1.54, 1.807) is 19.0 Å². The van der Waals surface area contributed by atoms with E-state index < -0.39 is 0 Å². The van der Waals surface area contributed by atoms with Crippen molar-refractivity contribution < 1.29 is 4.79 Å². The number of carbonyl (C=O) groups excluding carboxylic acids is 1. The SMILES string of the molecule is CCCn1c(SCC(=O)N(C)C)nnc1-c1cccc(C)c1. The number of hydrogen-bond donors (Lipinski definition) is 0. The lowest BCUT2D eigenvalue weighted by molar-refractivity contribution is -0.125. The van der Waals surface area contributed by atoms with Gasteiger partial charge in [0.2, 0.25) is 5.91 Å². The zero-order chi connectivity index (χ0) is 16.1. The van der Waals surface area contributed by atoms with E-state index in [4.69, 9.17) is 0 Å². The highest BCUT2D eigenvalue weighted by Crippen LogP contribution is 2.25. The van der Waals surface area contributed by atoms with Gasteiger partial charge in [-0.05, 0) is 19.4 Å². The number of amides is 1. The van der Waals surface area contributed by atoms with Crippen molar-refractivity contribution in [1.29, 1.82) is 0 Å². The standard InChI is InChI=1S/C16H22N4OS/c1-5-9-20-15(13-8-6-7-12(2)10-13)17-18-16(20)22-11-14(21)19(3)4/h6-8,10H,5,9,11H2,1-4H3. The average Bonchev–Trinajstić information content (AvgIpc) is 2.88. The number of carbonyl (C=O) groups is 1. The molecule has 0 aliphatic rings. The van der Waals surface area contributed by atoms with Crippen LogP contribution in [0.1, 0.15) is 18.9 Å². The first-order valence-corrected chi connectivity index (χ1v) is 8.34. The van der Waals surface area contributed by atoms with Gasteiger partial charge in [-0.25, -0.2) is 0 Å². The topological polar surface area (TPSA) is 51.0 Å². The van der Waals surface area contributed by atoms with Crippen LogP contribution in [0.25, 0.3) is 11.4 Å². The van der Waals surface area contributed by atoms with Crippen molar-refractivity contribution in [2.24, 2.45) is 0 Å². The second-order valence-electron chi connectivity index (χ2n) is 5.40. The molecule has 0 spiro atoms. The lowest BCUT2D eigenvalue weighted by atomic mass is 10.1. The van der Waals surface area contributed by atoms with E-state index in [1.807, 2.05) is 12.1 Å². The predicted molar refractivity (Wildman–Crippen MR) is 89.9 cm³/mol. The third-order valence-corrected chi connectivity index (χ3v) is 4.22. The minimum atomic E-state index is 0.0770. The Balaban J connectivity index is 2.27. The molecule has 1 aromatic heterocycles. The van der Waals surface area contributed by atoms with Crippen LogP contribution in [0.3, 0.4) is 0 Å². The maximum atomic E-state index is 11.8. The van der Waals surface area contributed by atoms with E-state index in [1.165, 1.54) is 17.3 Å². The molecule has 0 aliphatic carbocycles. The number of rotatable bonds is 6. The molecule has 0 fully saturated rings. The van der Waals surface area contributed by atoms with Crippen LogP contribution in [0.5, 0.6) is 0 Å². The van der Waals surface area contributed by atoms with Crippen molar-refractivity contribution in [2.45, 2.75) is 32.0 Å². The van der Waals surface area contributed by atoms with Crippen molar-refractivity contribution in [3.63, 3.8) is 0 Å². The smallest absolute Gasteiger partial charge is 0.232 e. The van der Waals surface area contributed by atoms with Gasteiger partial charge < -0.3 is 9.47 Å². The van der Waals surface area contributed by atoms with Crippen LogP contribution in [0.15, 0.2) is 29.4 Å². The van der Waals surface area contributed by atoms with Crippen LogP contribution in [-0.2, 0) is 11.3 Å². The van der Waals surface area contributed by atoms with Crippen LogP contribution in [-0.4, -0.2) is 45.4 Å². The molecular weight excluding hydrogens is 296 g/mol. The molecule has 0 unspecified atom stereocenters. The predicted octanol–water partition coefficient (Wildman–Crippen LogP) is 2.84. The van der Waals surface area contributed by atoms with E-state index in [2.05, 4.69) is 40.7 Å². The number of aryl methyl sites for hydroxylation is 1. The fourth-order valence-electron chi connectivity index (χ4n) is 2.07. The molecule has 0 bridgehead atoms. The van der Waals surface area contributed by atoms with Crippen LogP contribution in [0.4, 0.5) is 0 Å². The summed E-state index contributed by atoms with van der Waals surface area (Å²) in [6.45, 7) is 5.03. The first-order chi connectivity index (χ1) is 10.5. The van der Waals surface area contributed by atoms with Crippen molar-refractivity contribution in [1.82, 2.24) is 19.7 Å². The third-order valence-electron chi connectivity index (χ3n) is 3.26. The number of benzene rings is 1. The number of nitrogens with zero attached hydrogens (tertiary/aromatic N) is 4. The first kappa shape index (κ1) is 16.5. The third kappa shape index (κ3) is 3.88. The highest BCUT2D eigenvalue weighted by atomic mass is 32.2. The normalized spacial score (nSPS) is 10.7. The Morgan fingerprint density at radius 1 is 1.32 bits per heavy atom. The molecular formula is C16H22N4OS. The Hall–Kier alpha value is -1.82. The molecule has 118 valence electrons. The maximum Gasteiger partial charge on any atom is 0.232 e. The molecule has 0 saturated carbocycles. The van der Waals surface area contributed by atoms with Crippen LogP contribution >= 0.6 is 11.8 Å². The lowest BCUT2D eigenvalue weighted by Gasteiger charge is -2.11. The van der Waals surface area contributed by atoms with Gasteiger partial charge in [0, 0.05) is 26.2 Å². The zero-order valence-electron chi connectivity index (χ0n) is 13.5. The van der Waals surface area contributed by atoms with E-state index in [0.717, 1.165) is 29.5 Å². The lowest BCUT2D eigenvalue weighted by Crippen LogP contribution is -2.23. The summed E-state index contributed by atoms with van der Waals surface area (Å²) in [5.41, 5.74) is 2.26. The highest BCUT2D eigenvalue weighted by molar-refractivity contribution is 7.99. The van der Waals surface area contributed by atoms with Crippen molar-refractivity contribution in [2.75, 3.05) is 19.8 Å². The number of hydrogen-bond acceptors (Lipinski definition) is 4. The Labute approximate surface area is 135 Å². The summed E-state index contributed by atoms with van der Waals surface area (Å²) >= 11 is 1.44. The average molecular weight is 318 g/mol. The van der Waals surface area contributed by atoms with Gasteiger partial charge in [0.05, 0.1) is 5.75 Å². The summed E-state index contributed by atoms with van der Waals surface area (Å²) in [6.07, 6.45) is 0.992. The van der Waals surface area contributed by atoms with E-state index >= 15 is 0 Å². The quantitative estimate of drug-likeness (QED) is 0.769. The van der Waals surface area contributed by atoms with Gasteiger partial charge in [0.1, 0.15) is 0 Å². The molecule has 5 nitrogen and oxygen atoms in total. The molecule has 0 saturated heterocycles. The van der Waals surface area contributed by atoms with Crippen molar-refractivity contribution in [3.8, 4) is 11.4 Å². The molecule has 0 N–H and O–H groups in total. The number of thioether (sulfide) groups is 1. The van der Waals surface area contributed by atoms with Crippen molar-refractivity contribution >= 4 is 17.7 Å². The van der Waals surface area contributed by atoms with E-state index in [0.29, 0.717) is 5.75 Å². The van der Waals surface area contributed by atoms with Gasteiger partial charge in [-0.1, -0.05) is 42.4 Å². The molecule has 22 heavy (non-hydrogen) atoms. The summed E-state index contributed by atoms with van der Waals surface area (Å²) in [6, 6.07) is 8.24.